The Kier molecular flexibility index (Phi) is 3.01. The summed E-state index contributed by atoms with van der Waals surface area (Å²) in [5, 5.41) is 2.05. The van der Waals surface area contributed by atoms with Gasteiger partial charge in [-0.2, -0.15) is 0 Å². The number of hydrogen-bond acceptors (Lipinski definition) is 5. The van der Waals surface area contributed by atoms with Crippen LogP contribution in [0.2, 0.25) is 0 Å². The molecule has 1 atom stereocenters. The van der Waals surface area contributed by atoms with E-state index in [1.54, 1.807) is 11.3 Å². The van der Waals surface area contributed by atoms with Gasteiger partial charge in [0.05, 0.1) is 5.69 Å². The summed E-state index contributed by atoms with van der Waals surface area (Å²) in [5.74, 6) is 1.08. The van der Waals surface area contributed by atoms with E-state index in [0.717, 1.165) is 29.6 Å². The van der Waals surface area contributed by atoms with Gasteiger partial charge in [-0.25, -0.2) is 4.98 Å². The topological polar surface area (TPSA) is 49.8 Å². The second-order valence-corrected chi connectivity index (χ2v) is 5.87. The SMILES string of the molecule is CN(C)C1CCN(c2nc3sccn3c2CN)C1. The van der Waals surface area contributed by atoms with Gasteiger partial charge in [0, 0.05) is 37.3 Å². The fraction of sp³-hybridized carbons (Fsp3) is 0.583. The molecule has 1 aliphatic rings. The van der Waals surface area contributed by atoms with Crippen molar-refractivity contribution >= 4 is 22.1 Å². The van der Waals surface area contributed by atoms with Crippen molar-refractivity contribution in [3.63, 3.8) is 0 Å². The van der Waals surface area contributed by atoms with Crippen LogP contribution in [0.3, 0.4) is 0 Å². The molecule has 2 aromatic heterocycles. The average molecular weight is 265 g/mol. The van der Waals surface area contributed by atoms with Crippen molar-refractivity contribution in [1.82, 2.24) is 14.3 Å². The summed E-state index contributed by atoms with van der Waals surface area (Å²) in [6, 6.07) is 0.621. The van der Waals surface area contributed by atoms with Crippen LogP contribution in [-0.2, 0) is 6.54 Å². The van der Waals surface area contributed by atoms with E-state index in [0.29, 0.717) is 12.6 Å². The summed E-state index contributed by atoms with van der Waals surface area (Å²) in [6.45, 7) is 2.65. The van der Waals surface area contributed by atoms with Crippen molar-refractivity contribution in [1.29, 1.82) is 0 Å². The third-order valence-electron chi connectivity index (χ3n) is 3.73. The molecule has 0 radical (unpaired) electrons. The molecule has 0 aliphatic carbocycles. The molecule has 1 unspecified atom stereocenters. The van der Waals surface area contributed by atoms with Crippen LogP contribution in [0.25, 0.3) is 4.96 Å². The molecule has 2 N–H and O–H groups in total. The normalized spacial score (nSPS) is 20.4. The van der Waals surface area contributed by atoms with E-state index in [1.807, 2.05) is 0 Å². The van der Waals surface area contributed by atoms with E-state index in [1.165, 1.54) is 6.42 Å². The first-order valence-corrected chi connectivity index (χ1v) is 7.14. The molecule has 18 heavy (non-hydrogen) atoms. The smallest absolute Gasteiger partial charge is 0.195 e. The molecule has 0 amide bonds. The minimum absolute atomic E-state index is 0.538. The van der Waals surface area contributed by atoms with Gasteiger partial charge in [0.1, 0.15) is 0 Å². The van der Waals surface area contributed by atoms with Gasteiger partial charge in [-0.05, 0) is 20.5 Å². The Hall–Kier alpha value is -1.11. The van der Waals surface area contributed by atoms with Crippen LogP contribution in [-0.4, -0.2) is 47.5 Å². The first-order chi connectivity index (χ1) is 8.70. The predicted molar refractivity (Wildman–Crippen MR) is 75.3 cm³/mol. The molecular weight excluding hydrogens is 246 g/mol. The second kappa shape index (κ2) is 4.53. The van der Waals surface area contributed by atoms with Crippen LogP contribution in [0.4, 0.5) is 5.82 Å². The number of imidazole rings is 1. The Labute approximate surface area is 111 Å². The largest absolute Gasteiger partial charge is 0.353 e. The lowest BCUT2D eigenvalue weighted by Gasteiger charge is -2.21. The third kappa shape index (κ3) is 1.81. The Bertz CT molecular complexity index is 544. The highest BCUT2D eigenvalue weighted by Crippen LogP contribution is 2.27. The molecule has 2 aromatic rings. The molecule has 6 heteroatoms. The highest BCUT2D eigenvalue weighted by Gasteiger charge is 2.27. The molecule has 98 valence electrons. The summed E-state index contributed by atoms with van der Waals surface area (Å²) >= 11 is 1.66. The van der Waals surface area contributed by atoms with Crippen LogP contribution >= 0.6 is 11.3 Å². The number of fused-ring (bicyclic) bond motifs is 1. The molecule has 1 saturated heterocycles. The zero-order chi connectivity index (χ0) is 12.7. The molecule has 0 spiro atoms. The van der Waals surface area contributed by atoms with Crippen molar-refractivity contribution in [3.05, 3.63) is 17.3 Å². The van der Waals surface area contributed by atoms with Gasteiger partial charge in [0.2, 0.25) is 0 Å². The maximum atomic E-state index is 5.89. The lowest BCUT2D eigenvalue weighted by molar-refractivity contribution is 0.315. The Morgan fingerprint density at radius 2 is 2.39 bits per heavy atom. The van der Waals surface area contributed by atoms with Gasteiger partial charge < -0.3 is 15.5 Å². The van der Waals surface area contributed by atoms with Crippen LogP contribution in [0.1, 0.15) is 12.1 Å². The highest BCUT2D eigenvalue weighted by atomic mass is 32.1. The molecule has 0 bridgehead atoms. The predicted octanol–water partition coefficient (Wildman–Crippen LogP) is 0.995. The summed E-state index contributed by atoms with van der Waals surface area (Å²) in [7, 11) is 4.29. The fourth-order valence-corrected chi connectivity index (χ4v) is 3.35. The Balaban J connectivity index is 1.92. The summed E-state index contributed by atoms with van der Waals surface area (Å²) in [6.07, 6.45) is 3.25. The second-order valence-electron chi connectivity index (χ2n) is 4.99. The van der Waals surface area contributed by atoms with Crippen LogP contribution < -0.4 is 10.6 Å². The van der Waals surface area contributed by atoms with E-state index >= 15 is 0 Å². The number of thiazole rings is 1. The molecule has 5 nitrogen and oxygen atoms in total. The molecule has 3 heterocycles. The number of anilines is 1. The summed E-state index contributed by atoms with van der Waals surface area (Å²) in [5.41, 5.74) is 7.02. The number of nitrogens with zero attached hydrogens (tertiary/aromatic N) is 4. The van der Waals surface area contributed by atoms with Crippen molar-refractivity contribution in [2.75, 3.05) is 32.1 Å². The molecular formula is C12H19N5S. The molecule has 1 aliphatic heterocycles. The number of rotatable bonds is 3. The number of nitrogens with two attached hydrogens (primary N) is 1. The third-order valence-corrected chi connectivity index (χ3v) is 4.48. The number of hydrogen-bond donors (Lipinski definition) is 1. The van der Waals surface area contributed by atoms with E-state index in [4.69, 9.17) is 10.7 Å². The summed E-state index contributed by atoms with van der Waals surface area (Å²) < 4.78 is 2.11. The van der Waals surface area contributed by atoms with Gasteiger partial charge in [-0.1, -0.05) is 0 Å². The van der Waals surface area contributed by atoms with Crippen molar-refractivity contribution in [2.24, 2.45) is 5.73 Å². The lowest BCUT2D eigenvalue weighted by Crippen LogP contribution is -2.32. The number of likely N-dealkylation sites (N-methyl/N-ethyl adjacent to an activating group) is 1. The molecule has 0 saturated carbocycles. The number of aromatic nitrogens is 2. The van der Waals surface area contributed by atoms with E-state index in [9.17, 15) is 0 Å². The van der Waals surface area contributed by atoms with Crippen molar-refractivity contribution in [2.45, 2.75) is 19.0 Å². The standard InChI is InChI=1S/C12H19N5S/c1-15(2)9-3-4-16(8-9)11-10(7-13)17-5-6-18-12(17)14-11/h5-6,9H,3-4,7-8,13H2,1-2H3. The Morgan fingerprint density at radius 3 is 3.06 bits per heavy atom. The zero-order valence-electron chi connectivity index (χ0n) is 10.8. The van der Waals surface area contributed by atoms with Gasteiger partial charge in [-0.3, -0.25) is 4.40 Å². The van der Waals surface area contributed by atoms with Crippen molar-refractivity contribution < 1.29 is 0 Å². The van der Waals surface area contributed by atoms with Gasteiger partial charge in [0.25, 0.3) is 0 Å². The molecule has 0 aromatic carbocycles. The quantitative estimate of drug-likeness (QED) is 0.899. The van der Waals surface area contributed by atoms with Gasteiger partial charge >= 0.3 is 0 Å². The average Bonchev–Trinajstić information content (AvgIpc) is 3.02. The fourth-order valence-electron chi connectivity index (χ4n) is 2.62. The minimum Gasteiger partial charge on any atom is -0.353 e. The zero-order valence-corrected chi connectivity index (χ0v) is 11.7. The van der Waals surface area contributed by atoms with E-state index in [2.05, 4.69) is 39.9 Å². The minimum atomic E-state index is 0.538. The van der Waals surface area contributed by atoms with Gasteiger partial charge in [-0.15, -0.1) is 11.3 Å². The van der Waals surface area contributed by atoms with E-state index < -0.39 is 0 Å². The lowest BCUT2D eigenvalue weighted by atomic mass is 10.2. The van der Waals surface area contributed by atoms with Crippen molar-refractivity contribution in [3.8, 4) is 0 Å². The van der Waals surface area contributed by atoms with Crippen LogP contribution in [0.15, 0.2) is 11.6 Å². The maximum Gasteiger partial charge on any atom is 0.195 e. The molecule has 1 fully saturated rings. The maximum absolute atomic E-state index is 5.89. The van der Waals surface area contributed by atoms with Gasteiger partial charge in [0.15, 0.2) is 10.8 Å². The summed E-state index contributed by atoms with van der Waals surface area (Å²) in [4.78, 5) is 10.4. The van der Waals surface area contributed by atoms with Crippen LogP contribution in [0.5, 0.6) is 0 Å². The molecule has 3 rings (SSSR count). The van der Waals surface area contributed by atoms with E-state index in [-0.39, 0.29) is 0 Å². The first-order valence-electron chi connectivity index (χ1n) is 6.26. The monoisotopic (exact) mass is 265 g/mol. The highest BCUT2D eigenvalue weighted by molar-refractivity contribution is 7.15. The first kappa shape index (κ1) is 12.0. The Morgan fingerprint density at radius 1 is 1.56 bits per heavy atom. The van der Waals surface area contributed by atoms with Crippen LogP contribution in [0, 0.1) is 0 Å².